The van der Waals surface area contributed by atoms with Crippen LogP contribution in [0.1, 0.15) is 57.6 Å². The van der Waals surface area contributed by atoms with Gasteiger partial charge in [0.05, 0.1) is 20.3 Å². The van der Waals surface area contributed by atoms with Crippen molar-refractivity contribution >= 4 is 16.6 Å². The normalized spacial score (nSPS) is 16.8. The molecule has 7 rings (SSSR count). The molecule has 0 unspecified atom stereocenters. The van der Waals surface area contributed by atoms with E-state index in [-0.39, 0.29) is 47.7 Å². The molecule has 6 aromatic rings. The fourth-order valence-corrected chi connectivity index (χ4v) is 7.97. The highest BCUT2D eigenvalue weighted by atomic mass is 16.5. The number of aromatic hydroxyl groups is 3. The summed E-state index contributed by atoms with van der Waals surface area (Å²) >= 11 is 0. The van der Waals surface area contributed by atoms with E-state index >= 15 is 0 Å². The highest BCUT2D eigenvalue weighted by Crippen LogP contribution is 2.50. The first-order valence-electron chi connectivity index (χ1n) is 17.7. The minimum Gasteiger partial charge on any atom is -0.670 e. The van der Waals surface area contributed by atoms with Crippen LogP contribution in [0.25, 0.3) is 10.8 Å². The monoisotopic (exact) mass is 708 g/mol. The number of phenolic OH excluding ortho intramolecular Hbond substituents is 3. The van der Waals surface area contributed by atoms with Gasteiger partial charge in [-0.2, -0.15) is 12.4 Å². The molecule has 0 fully saturated rings. The van der Waals surface area contributed by atoms with Gasteiger partial charge in [-0.05, 0) is 82.1 Å². The summed E-state index contributed by atoms with van der Waals surface area (Å²) in [5.41, 5.74) is 5.09. The van der Waals surface area contributed by atoms with E-state index in [0.717, 1.165) is 38.6 Å². The van der Waals surface area contributed by atoms with Crippen LogP contribution in [0.2, 0.25) is 0 Å². The van der Waals surface area contributed by atoms with Crippen LogP contribution in [0, 0.1) is 5.92 Å². The van der Waals surface area contributed by atoms with Gasteiger partial charge < -0.3 is 34.9 Å². The van der Waals surface area contributed by atoms with Crippen LogP contribution >= 0.6 is 0 Å². The molecule has 53 heavy (non-hydrogen) atoms. The van der Waals surface area contributed by atoms with E-state index in [1.54, 1.807) is 62.0 Å². The summed E-state index contributed by atoms with van der Waals surface area (Å²) in [7, 11) is 3.02. The second-order valence-electron chi connectivity index (χ2n) is 13.7. The molecule has 270 valence electrons. The highest BCUT2D eigenvalue weighted by Gasteiger charge is 2.38. The number of nitrogens with zero attached hydrogens (tertiary/aromatic N) is 1. The number of ether oxygens (including phenoxy) is 2. The molecule has 1 aromatic heterocycles. The van der Waals surface area contributed by atoms with Crippen molar-refractivity contribution in [3.63, 3.8) is 0 Å². The molecule has 0 saturated carbocycles. The van der Waals surface area contributed by atoms with Gasteiger partial charge in [-0.25, -0.2) is 0 Å². The molecule has 1 aliphatic carbocycles. The summed E-state index contributed by atoms with van der Waals surface area (Å²) in [5.74, 6) is -1.22. The maximum absolute atomic E-state index is 14.4. The number of aliphatic hydroxyl groups excluding tert-OH is 1. The number of allylic oxidation sites excluding steroid dienone is 2. The standard InChI is InChI=1S/C45H42NO7/c1-52-43-23-27(13-17-39(43)48)21-37(30-9-5-10-31(47)24-30)41(50)25-42(51)38(22-28-19-20-46-26-28)34-14-15-35(44-36(34)16-18-40(49)45(44)53-2)33-12-6-8-29-7-3-4-11-32(29)33/h3-20,23-24,26,34-35,37-38,42,47-49,51H,21-22,25H2,1-2H3/q-1/t34-,35-,37-,38+,42+/m0/s1. The fraction of sp³-hybridized carbons (Fsp3) is 0.222. The van der Waals surface area contributed by atoms with Gasteiger partial charge in [-0.15, -0.1) is 0 Å². The third-order valence-corrected chi connectivity index (χ3v) is 10.6. The predicted octanol–water partition coefficient (Wildman–Crippen LogP) is 7.92. The van der Waals surface area contributed by atoms with Crippen molar-refractivity contribution in [3.8, 4) is 28.7 Å². The summed E-state index contributed by atoms with van der Waals surface area (Å²) in [4.78, 5) is 18.7. The molecule has 4 N–H and O–H groups in total. The van der Waals surface area contributed by atoms with E-state index in [1.807, 2.05) is 30.3 Å². The number of fused-ring (bicyclic) bond motifs is 2. The molecular weight excluding hydrogens is 666 g/mol. The molecule has 1 heterocycles. The molecule has 0 bridgehead atoms. The Balaban J connectivity index is 1.27. The van der Waals surface area contributed by atoms with E-state index in [4.69, 9.17) is 9.47 Å². The van der Waals surface area contributed by atoms with Gasteiger partial charge in [0.15, 0.2) is 23.0 Å². The van der Waals surface area contributed by atoms with Crippen molar-refractivity contribution in [1.82, 2.24) is 4.98 Å². The lowest BCUT2D eigenvalue weighted by atomic mass is 9.69. The smallest absolute Gasteiger partial charge is 0.164 e. The van der Waals surface area contributed by atoms with Crippen LogP contribution in [0.3, 0.4) is 0 Å². The first-order chi connectivity index (χ1) is 25.7. The zero-order chi connectivity index (χ0) is 37.1. The molecule has 0 amide bonds. The molecule has 1 aliphatic rings. The molecule has 0 radical (unpaired) electrons. The lowest BCUT2D eigenvalue weighted by Gasteiger charge is -2.36. The third kappa shape index (κ3) is 7.23. The number of phenols is 3. The van der Waals surface area contributed by atoms with Gasteiger partial charge in [0, 0.05) is 29.7 Å². The minimum absolute atomic E-state index is 0.00907. The van der Waals surface area contributed by atoms with Crippen molar-refractivity contribution in [2.45, 2.75) is 43.1 Å². The first-order valence-corrected chi connectivity index (χ1v) is 17.7. The Bertz CT molecular complexity index is 2250. The Kier molecular flexibility index (Phi) is 10.2. The summed E-state index contributed by atoms with van der Waals surface area (Å²) in [6.07, 6.45) is 7.20. The van der Waals surface area contributed by atoms with Crippen LogP contribution in [-0.2, 0) is 17.6 Å². The van der Waals surface area contributed by atoms with Crippen LogP contribution in [0.15, 0.2) is 128 Å². The Morgan fingerprint density at radius 3 is 2.34 bits per heavy atom. The number of ketones is 1. The van der Waals surface area contributed by atoms with Crippen molar-refractivity contribution in [1.29, 1.82) is 0 Å². The highest BCUT2D eigenvalue weighted by molar-refractivity contribution is 5.88. The van der Waals surface area contributed by atoms with E-state index in [0.29, 0.717) is 23.5 Å². The number of aromatic nitrogens is 1. The minimum atomic E-state index is -1.08. The number of benzene rings is 5. The molecule has 5 aromatic carbocycles. The number of carbonyl (C=O) groups is 1. The maximum atomic E-state index is 14.4. The third-order valence-electron chi connectivity index (χ3n) is 10.6. The average Bonchev–Trinajstić information content (AvgIpc) is 3.69. The Hall–Kier alpha value is -5.99. The zero-order valence-corrected chi connectivity index (χ0v) is 29.6. The summed E-state index contributed by atoms with van der Waals surface area (Å²) in [5, 5.41) is 46.1. The topological polar surface area (TPSA) is 131 Å². The number of methoxy groups -OCH3 is 2. The fourth-order valence-electron chi connectivity index (χ4n) is 7.97. The summed E-state index contributed by atoms with van der Waals surface area (Å²) in [6, 6.07) is 31.4. The molecule has 5 atom stereocenters. The second-order valence-corrected chi connectivity index (χ2v) is 13.7. The number of hydrogen-bond donors (Lipinski definition) is 4. The van der Waals surface area contributed by atoms with E-state index in [2.05, 4.69) is 41.4 Å². The van der Waals surface area contributed by atoms with Crippen LogP contribution in [-0.4, -0.2) is 46.5 Å². The lowest BCUT2D eigenvalue weighted by molar-refractivity contribution is -0.123. The largest absolute Gasteiger partial charge is 0.670 e. The van der Waals surface area contributed by atoms with Gasteiger partial charge in [0.1, 0.15) is 11.5 Å². The summed E-state index contributed by atoms with van der Waals surface area (Å²) < 4.78 is 11.2. The second kappa shape index (κ2) is 15.3. The van der Waals surface area contributed by atoms with Crippen LogP contribution in [0.4, 0.5) is 0 Å². The van der Waals surface area contributed by atoms with E-state index < -0.39 is 17.9 Å². The zero-order valence-electron chi connectivity index (χ0n) is 29.6. The van der Waals surface area contributed by atoms with Gasteiger partial charge >= 0.3 is 0 Å². The van der Waals surface area contributed by atoms with Gasteiger partial charge in [0.25, 0.3) is 0 Å². The quantitative estimate of drug-likeness (QED) is 0.0891. The number of hydrogen-bond acceptors (Lipinski definition) is 7. The number of Topliss-reactive ketones (excluding diaryl/α,β-unsaturated/α-hetero) is 1. The first kappa shape index (κ1) is 35.4. The SMILES string of the molecule is COc1cc(C[C@H](C(=O)C[C@@H](O)[C@H](Cc2cc[n-]c2)[C@H]2C=C[C@@H](c3cccc4ccccc34)c3c2ccc(O)c3OC)c2cccc(O)c2)ccc1O. The molecule has 8 nitrogen and oxygen atoms in total. The molecule has 8 heteroatoms. The van der Waals surface area contributed by atoms with E-state index in [1.165, 1.54) is 13.2 Å². The Labute approximate surface area is 308 Å². The Morgan fingerprint density at radius 2 is 1.57 bits per heavy atom. The lowest BCUT2D eigenvalue weighted by Crippen LogP contribution is -2.33. The van der Waals surface area contributed by atoms with Crippen LogP contribution < -0.4 is 14.5 Å². The predicted molar refractivity (Wildman–Crippen MR) is 204 cm³/mol. The van der Waals surface area contributed by atoms with Gasteiger partial charge in [0.2, 0.25) is 0 Å². The molecule has 0 aliphatic heterocycles. The average molecular weight is 709 g/mol. The molecular formula is C45H42NO7-. The number of carbonyl (C=O) groups excluding carboxylic acids is 1. The van der Waals surface area contributed by atoms with Crippen LogP contribution in [0.5, 0.6) is 28.7 Å². The Morgan fingerprint density at radius 1 is 0.774 bits per heavy atom. The summed E-state index contributed by atoms with van der Waals surface area (Å²) in [6.45, 7) is 0. The number of aliphatic hydroxyl groups is 1. The van der Waals surface area contributed by atoms with Gasteiger partial charge in [-0.3, -0.25) is 4.79 Å². The van der Waals surface area contributed by atoms with Gasteiger partial charge in [-0.1, -0.05) is 90.5 Å². The van der Waals surface area contributed by atoms with Crippen molar-refractivity contribution < 1.29 is 34.7 Å². The molecule has 0 saturated heterocycles. The van der Waals surface area contributed by atoms with E-state index in [9.17, 15) is 25.2 Å². The maximum Gasteiger partial charge on any atom is 0.164 e. The van der Waals surface area contributed by atoms with Crippen molar-refractivity contribution in [2.24, 2.45) is 5.92 Å². The number of rotatable bonds is 13. The van der Waals surface area contributed by atoms with Crippen molar-refractivity contribution in [3.05, 3.63) is 161 Å². The van der Waals surface area contributed by atoms with Crippen molar-refractivity contribution in [2.75, 3.05) is 14.2 Å². The molecule has 0 spiro atoms.